The lowest BCUT2D eigenvalue weighted by Crippen LogP contribution is -2.11. The number of aromatic amines is 1. The van der Waals surface area contributed by atoms with E-state index in [0.717, 1.165) is 11.6 Å². The highest BCUT2D eigenvalue weighted by molar-refractivity contribution is 5.85. The molecule has 0 aliphatic heterocycles. The van der Waals surface area contributed by atoms with Crippen molar-refractivity contribution in [3.8, 4) is 0 Å². The fourth-order valence-electron chi connectivity index (χ4n) is 1.50. The van der Waals surface area contributed by atoms with E-state index in [1.54, 1.807) is 0 Å². The number of hydrogen-bond acceptors (Lipinski definition) is 2. The van der Waals surface area contributed by atoms with Gasteiger partial charge in [-0.3, -0.25) is 14.6 Å². The van der Waals surface area contributed by atoms with Crippen molar-refractivity contribution < 1.29 is 9.90 Å². The van der Waals surface area contributed by atoms with E-state index in [1.165, 1.54) is 4.68 Å². The highest BCUT2D eigenvalue weighted by atomic mass is 16.4. The van der Waals surface area contributed by atoms with Crippen LogP contribution in [0.1, 0.15) is 16.1 Å². The monoisotopic (exact) mass is 218 g/mol. The largest absolute Gasteiger partial charge is 0.477 e. The zero-order chi connectivity index (χ0) is 11.5. The van der Waals surface area contributed by atoms with Gasteiger partial charge >= 0.3 is 5.97 Å². The maximum absolute atomic E-state index is 11.1. The Kier molecular flexibility index (Phi) is 2.59. The van der Waals surface area contributed by atoms with Crippen LogP contribution in [0, 0.1) is 0 Å². The molecule has 0 fully saturated rings. The van der Waals surface area contributed by atoms with Crippen LogP contribution in [0.5, 0.6) is 0 Å². The standard InChI is InChI=1S/C11H10N2O3/c14-10-6-9(11(15)16)13(12-10)7-8-4-2-1-3-5-8/h1-6H,7H2,(H,12,14)(H,15,16). The van der Waals surface area contributed by atoms with Crippen LogP contribution in [-0.4, -0.2) is 20.9 Å². The first-order valence-electron chi connectivity index (χ1n) is 4.74. The van der Waals surface area contributed by atoms with Crippen LogP contribution in [0.4, 0.5) is 0 Å². The van der Waals surface area contributed by atoms with Gasteiger partial charge in [0.25, 0.3) is 5.56 Å². The van der Waals surface area contributed by atoms with Crippen LogP contribution < -0.4 is 5.56 Å². The number of hydrogen-bond donors (Lipinski definition) is 2. The summed E-state index contributed by atoms with van der Waals surface area (Å²) in [6.45, 7) is 0.338. The van der Waals surface area contributed by atoms with Crippen LogP contribution in [0.25, 0.3) is 0 Å². The molecule has 0 bridgehead atoms. The van der Waals surface area contributed by atoms with Gasteiger partial charge in [-0.05, 0) is 5.56 Å². The molecule has 0 spiro atoms. The van der Waals surface area contributed by atoms with E-state index < -0.39 is 11.5 Å². The van der Waals surface area contributed by atoms with Crippen molar-refractivity contribution in [1.29, 1.82) is 0 Å². The van der Waals surface area contributed by atoms with Gasteiger partial charge < -0.3 is 5.11 Å². The summed E-state index contributed by atoms with van der Waals surface area (Å²) < 4.78 is 1.32. The summed E-state index contributed by atoms with van der Waals surface area (Å²) in [4.78, 5) is 21.9. The average Bonchev–Trinajstić information content (AvgIpc) is 2.61. The number of nitrogens with zero attached hydrogens (tertiary/aromatic N) is 1. The normalized spacial score (nSPS) is 10.2. The molecular formula is C11H10N2O3. The van der Waals surface area contributed by atoms with Gasteiger partial charge in [0.05, 0.1) is 6.54 Å². The van der Waals surface area contributed by atoms with Crippen molar-refractivity contribution in [2.75, 3.05) is 0 Å². The van der Waals surface area contributed by atoms with Crippen molar-refractivity contribution >= 4 is 5.97 Å². The third-order valence-corrected chi connectivity index (χ3v) is 2.21. The first-order chi connectivity index (χ1) is 7.66. The molecule has 2 N–H and O–H groups in total. The molecule has 0 unspecified atom stereocenters. The second-order valence-electron chi connectivity index (χ2n) is 3.38. The smallest absolute Gasteiger partial charge is 0.354 e. The topological polar surface area (TPSA) is 75.1 Å². The number of carbonyl (C=O) groups is 1. The van der Waals surface area contributed by atoms with E-state index in [4.69, 9.17) is 5.11 Å². The van der Waals surface area contributed by atoms with Gasteiger partial charge in [-0.25, -0.2) is 4.79 Å². The number of rotatable bonds is 3. The van der Waals surface area contributed by atoms with Crippen LogP contribution in [0.3, 0.4) is 0 Å². The number of carboxylic acids is 1. The zero-order valence-electron chi connectivity index (χ0n) is 8.38. The SMILES string of the molecule is O=C(O)c1cc(=O)[nH]n1Cc1ccccc1. The van der Waals surface area contributed by atoms with Gasteiger partial charge in [-0.15, -0.1) is 0 Å². The first-order valence-corrected chi connectivity index (χ1v) is 4.74. The molecule has 0 radical (unpaired) electrons. The van der Waals surface area contributed by atoms with Crippen LogP contribution in [0.2, 0.25) is 0 Å². The molecule has 0 saturated heterocycles. The minimum absolute atomic E-state index is 0.0335. The van der Waals surface area contributed by atoms with E-state index in [0.29, 0.717) is 6.54 Å². The number of benzene rings is 1. The Bertz CT molecular complexity index is 554. The highest BCUT2D eigenvalue weighted by Gasteiger charge is 2.11. The minimum Gasteiger partial charge on any atom is -0.477 e. The fraction of sp³-hybridized carbons (Fsp3) is 0.0909. The predicted molar refractivity (Wildman–Crippen MR) is 57.6 cm³/mol. The third-order valence-electron chi connectivity index (χ3n) is 2.21. The van der Waals surface area contributed by atoms with E-state index in [1.807, 2.05) is 30.3 Å². The Morgan fingerprint density at radius 2 is 2.00 bits per heavy atom. The maximum atomic E-state index is 11.1. The maximum Gasteiger partial charge on any atom is 0.354 e. The summed E-state index contributed by atoms with van der Waals surface area (Å²) >= 11 is 0. The van der Waals surface area contributed by atoms with Gasteiger partial charge in [0.1, 0.15) is 5.69 Å². The molecule has 0 saturated carbocycles. The summed E-state index contributed by atoms with van der Waals surface area (Å²) in [7, 11) is 0. The Balaban J connectivity index is 2.35. The van der Waals surface area contributed by atoms with E-state index in [9.17, 15) is 9.59 Å². The van der Waals surface area contributed by atoms with Gasteiger partial charge in [0.15, 0.2) is 0 Å². The second-order valence-corrected chi connectivity index (χ2v) is 3.38. The fourth-order valence-corrected chi connectivity index (χ4v) is 1.50. The lowest BCUT2D eigenvalue weighted by atomic mass is 10.2. The Hall–Kier alpha value is -2.30. The van der Waals surface area contributed by atoms with E-state index in [-0.39, 0.29) is 5.69 Å². The second kappa shape index (κ2) is 4.06. The summed E-state index contributed by atoms with van der Waals surface area (Å²) in [5, 5.41) is 11.3. The van der Waals surface area contributed by atoms with Crippen LogP contribution in [-0.2, 0) is 6.54 Å². The molecule has 5 nitrogen and oxygen atoms in total. The number of nitrogens with one attached hydrogen (secondary N) is 1. The van der Waals surface area contributed by atoms with E-state index >= 15 is 0 Å². The molecule has 0 atom stereocenters. The summed E-state index contributed by atoms with van der Waals surface area (Å²) in [6, 6.07) is 10.4. The molecule has 5 heteroatoms. The Labute approximate surface area is 90.9 Å². The summed E-state index contributed by atoms with van der Waals surface area (Å²) in [5.74, 6) is -1.12. The van der Waals surface area contributed by atoms with Crippen molar-refractivity contribution in [2.45, 2.75) is 6.54 Å². The molecule has 2 rings (SSSR count). The van der Waals surface area contributed by atoms with Gasteiger partial charge in [-0.2, -0.15) is 0 Å². The van der Waals surface area contributed by atoms with Crippen LogP contribution >= 0.6 is 0 Å². The molecular weight excluding hydrogens is 208 g/mol. The van der Waals surface area contributed by atoms with Crippen LogP contribution in [0.15, 0.2) is 41.2 Å². The number of aromatic nitrogens is 2. The zero-order valence-corrected chi connectivity index (χ0v) is 8.38. The molecule has 1 aromatic carbocycles. The molecule has 1 aromatic heterocycles. The molecule has 82 valence electrons. The van der Waals surface area contributed by atoms with Crippen molar-refractivity contribution in [3.63, 3.8) is 0 Å². The molecule has 0 amide bonds. The van der Waals surface area contributed by atoms with E-state index in [2.05, 4.69) is 5.10 Å². The third kappa shape index (κ3) is 2.03. The number of carboxylic acid groups (broad SMARTS) is 1. The average molecular weight is 218 g/mol. The lowest BCUT2D eigenvalue weighted by Gasteiger charge is -2.04. The number of H-pyrrole nitrogens is 1. The predicted octanol–water partition coefficient (Wildman–Crippen LogP) is 0.923. The van der Waals surface area contributed by atoms with Gasteiger partial charge in [0.2, 0.25) is 0 Å². The highest BCUT2D eigenvalue weighted by Crippen LogP contribution is 2.03. The van der Waals surface area contributed by atoms with Crippen molar-refractivity contribution in [3.05, 3.63) is 58.0 Å². The van der Waals surface area contributed by atoms with Gasteiger partial charge in [-0.1, -0.05) is 30.3 Å². The Morgan fingerprint density at radius 1 is 1.31 bits per heavy atom. The lowest BCUT2D eigenvalue weighted by molar-refractivity contribution is 0.0684. The number of aromatic carboxylic acids is 1. The first kappa shape index (κ1) is 10.2. The Morgan fingerprint density at radius 3 is 2.62 bits per heavy atom. The minimum atomic E-state index is -1.12. The van der Waals surface area contributed by atoms with Gasteiger partial charge in [0, 0.05) is 6.07 Å². The molecule has 16 heavy (non-hydrogen) atoms. The summed E-state index contributed by atoms with van der Waals surface area (Å²) in [6.07, 6.45) is 0. The summed E-state index contributed by atoms with van der Waals surface area (Å²) in [5.41, 5.74) is 0.485. The quantitative estimate of drug-likeness (QED) is 0.804. The van der Waals surface area contributed by atoms with Crippen molar-refractivity contribution in [1.82, 2.24) is 9.78 Å². The molecule has 1 heterocycles. The van der Waals surface area contributed by atoms with Crippen molar-refractivity contribution in [2.24, 2.45) is 0 Å². The molecule has 0 aliphatic carbocycles. The molecule has 0 aliphatic rings. The molecule has 2 aromatic rings.